The van der Waals surface area contributed by atoms with Crippen LogP contribution in [0.15, 0.2) is 30.3 Å². The molecule has 2 rings (SSSR count). The number of ether oxygens (including phenoxy) is 1. The Morgan fingerprint density at radius 1 is 1.33 bits per heavy atom. The molecule has 5 heteroatoms. The fourth-order valence-electron chi connectivity index (χ4n) is 2.71. The van der Waals surface area contributed by atoms with Crippen LogP contribution in [0.25, 0.3) is 0 Å². The van der Waals surface area contributed by atoms with Crippen molar-refractivity contribution in [2.45, 2.75) is 44.4 Å². The molecule has 5 nitrogen and oxygen atoms in total. The summed E-state index contributed by atoms with van der Waals surface area (Å²) in [5.74, 6) is 0. The lowest BCUT2D eigenvalue weighted by Crippen LogP contribution is -2.50. The molecule has 1 fully saturated rings. The number of aliphatic hydroxyl groups is 2. The van der Waals surface area contributed by atoms with Crippen molar-refractivity contribution >= 4 is 6.09 Å². The standard InChI is InChI=1S/C16H23NO4/c18-11-9-15(19)14-8-4-5-10-17(14)16(20)21-12-13-6-2-1-3-7-13/h1-3,6-7,14-15,18-19H,4-5,8-12H2. The van der Waals surface area contributed by atoms with E-state index in [1.165, 1.54) is 0 Å². The van der Waals surface area contributed by atoms with Crippen LogP contribution in [0, 0.1) is 0 Å². The summed E-state index contributed by atoms with van der Waals surface area (Å²) in [6.45, 7) is 0.754. The number of carbonyl (C=O) groups excluding carboxylic acids is 1. The summed E-state index contributed by atoms with van der Waals surface area (Å²) in [6.07, 6.45) is 1.85. The first-order chi connectivity index (χ1) is 10.2. The van der Waals surface area contributed by atoms with Gasteiger partial charge in [0.1, 0.15) is 6.61 Å². The van der Waals surface area contributed by atoms with E-state index < -0.39 is 6.10 Å². The summed E-state index contributed by atoms with van der Waals surface area (Å²) >= 11 is 0. The van der Waals surface area contributed by atoms with E-state index in [9.17, 15) is 9.90 Å². The number of benzene rings is 1. The first-order valence-electron chi connectivity index (χ1n) is 7.48. The van der Waals surface area contributed by atoms with E-state index in [2.05, 4.69) is 0 Å². The molecule has 0 saturated carbocycles. The average Bonchev–Trinajstić information content (AvgIpc) is 2.54. The minimum absolute atomic E-state index is 0.0788. The SMILES string of the molecule is O=C(OCc1ccccc1)N1CCCCC1C(O)CCO. The van der Waals surface area contributed by atoms with Crippen LogP contribution in [0.5, 0.6) is 0 Å². The van der Waals surface area contributed by atoms with Gasteiger partial charge in [0, 0.05) is 13.2 Å². The van der Waals surface area contributed by atoms with Gasteiger partial charge in [-0.1, -0.05) is 30.3 Å². The van der Waals surface area contributed by atoms with Gasteiger partial charge in [-0.25, -0.2) is 4.79 Å². The highest BCUT2D eigenvalue weighted by Crippen LogP contribution is 2.22. The van der Waals surface area contributed by atoms with Gasteiger partial charge in [-0.05, 0) is 31.2 Å². The van der Waals surface area contributed by atoms with Gasteiger partial charge in [0.2, 0.25) is 0 Å². The predicted molar refractivity (Wildman–Crippen MR) is 78.7 cm³/mol. The molecule has 116 valence electrons. The van der Waals surface area contributed by atoms with Crippen molar-refractivity contribution in [2.75, 3.05) is 13.2 Å². The molecule has 0 bridgehead atoms. The molecule has 2 atom stereocenters. The average molecular weight is 293 g/mol. The molecular weight excluding hydrogens is 270 g/mol. The van der Waals surface area contributed by atoms with Gasteiger partial charge in [-0.15, -0.1) is 0 Å². The molecular formula is C16H23NO4. The Balaban J connectivity index is 1.92. The normalized spacial score (nSPS) is 20.1. The third-order valence-electron chi connectivity index (χ3n) is 3.86. The number of hydrogen-bond acceptors (Lipinski definition) is 4. The van der Waals surface area contributed by atoms with Crippen LogP contribution in [-0.4, -0.2) is 46.5 Å². The van der Waals surface area contributed by atoms with Gasteiger partial charge in [0.25, 0.3) is 0 Å². The monoisotopic (exact) mass is 293 g/mol. The molecule has 1 aliphatic heterocycles. The maximum Gasteiger partial charge on any atom is 0.410 e. The number of amides is 1. The van der Waals surface area contributed by atoms with Crippen LogP contribution < -0.4 is 0 Å². The topological polar surface area (TPSA) is 70.0 Å². The number of nitrogens with zero attached hydrogens (tertiary/aromatic N) is 1. The second-order valence-electron chi connectivity index (χ2n) is 5.38. The molecule has 0 aliphatic carbocycles. The summed E-state index contributed by atoms with van der Waals surface area (Å²) < 4.78 is 5.34. The second-order valence-corrected chi connectivity index (χ2v) is 5.38. The van der Waals surface area contributed by atoms with Crippen molar-refractivity contribution in [3.05, 3.63) is 35.9 Å². The van der Waals surface area contributed by atoms with Crippen LogP contribution in [0.4, 0.5) is 4.79 Å². The Morgan fingerprint density at radius 2 is 2.10 bits per heavy atom. The molecule has 21 heavy (non-hydrogen) atoms. The number of piperidine rings is 1. The number of rotatable bonds is 5. The molecule has 1 aliphatic rings. The van der Waals surface area contributed by atoms with E-state index in [1.807, 2.05) is 30.3 Å². The van der Waals surface area contributed by atoms with Crippen LogP contribution >= 0.6 is 0 Å². The summed E-state index contributed by atoms with van der Waals surface area (Å²) in [6, 6.07) is 9.27. The van der Waals surface area contributed by atoms with Crippen molar-refractivity contribution in [1.29, 1.82) is 0 Å². The molecule has 1 aromatic carbocycles. The van der Waals surface area contributed by atoms with Crippen molar-refractivity contribution in [2.24, 2.45) is 0 Å². The lowest BCUT2D eigenvalue weighted by atomic mass is 9.96. The largest absolute Gasteiger partial charge is 0.445 e. The highest BCUT2D eigenvalue weighted by atomic mass is 16.6. The minimum Gasteiger partial charge on any atom is -0.445 e. The zero-order valence-electron chi connectivity index (χ0n) is 12.1. The van der Waals surface area contributed by atoms with Gasteiger partial charge in [-0.2, -0.15) is 0 Å². The van der Waals surface area contributed by atoms with Crippen LogP contribution in [0.1, 0.15) is 31.2 Å². The van der Waals surface area contributed by atoms with Crippen molar-refractivity contribution < 1.29 is 19.7 Å². The summed E-state index contributed by atoms with van der Waals surface area (Å²) in [4.78, 5) is 13.8. The lowest BCUT2D eigenvalue weighted by Gasteiger charge is -2.37. The zero-order chi connectivity index (χ0) is 15.1. The minimum atomic E-state index is -0.695. The molecule has 1 saturated heterocycles. The maximum atomic E-state index is 12.2. The number of hydrogen-bond donors (Lipinski definition) is 2. The highest BCUT2D eigenvalue weighted by molar-refractivity contribution is 5.68. The zero-order valence-corrected chi connectivity index (χ0v) is 12.1. The van der Waals surface area contributed by atoms with Crippen LogP contribution in [0.2, 0.25) is 0 Å². The summed E-state index contributed by atoms with van der Waals surface area (Å²) in [7, 11) is 0. The van der Waals surface area contributed by atoms with Gasteiger partial charge >= 0.3 is 6.09 Å². The van der Waals surface area contributed by atoms with Crippen molar-refractivity contribution in [3.63, 3.8) is 0 Å². The van der Waals surface area contributed by atoms with Crippen molar-refractivity contribution in [1.82, 2.24) is 4.90 Å². The van der Waals surface area contributed by atoms with E-state index in [0.29, 0.717) is 6.54 Å². The smallest absolute Gasteiger partial charge is 0.410 e. The van der Waals surface area contributed by atoms with Crippen LogP contribution in [0.3, 0.4) is 0 Å². The summed E-state index contributed by atoms with van der Waals surface area (Å²) in [5, 5.41) is 19.0. The Morgan fingerprint density at radius 3 is 2.81 bits per heavy atom. The first kappa shape index (κ1) is 15.8. The Bertz CT molecular complexity index is 437. The molecule has 2 N–H and O–H groups in total. The van der Waals surface area contributed by atoms with Crippen molar-refractivity contribution in [3.8, 4) is 0 Å². The third kappa shape index (κ3) is 4.44. The lowest BCUT2D eigenvalue weighted by molar-refractivity contribution is 0.00517. The molecule has 0 radical (unpaired) electrons. The van der Waals surface area contributed by atoms with Gasteiger partial charge in [0.15, 0.2) is 0 Å². The Hall–Kier alpha value is -1.59. The quantitative estimate of drug-likeness (QED) is 0.870. The van der Waals surface area contributed by atoms with Gasteiger partial charge in [-0.3, -0.25) is 0 Å². The molecule has 2 unspecified atom stereocenters. The second kappa shape index (κ2) is 8.00. The fourth-order valence-corrected chi connectivity index (χ4v) is 2.71. The number of likely N-dealkylation sites (tertiary alicyclic amines) is 1. The van der Waals surface area contributed by atoms with E-state index in [-0.39, 0.29) is 31.8 Å². The van der Waals surface area contributed by atoms with E-state index in [4.69, 9.17) is 9.84 Å². The number of aliphatic hydroxyl groups excluding tert-OH is 2. The van der Waals surface area contributed by atoms with E-state index >= 15 is 0 Å². The van der Waals surface area contributed by atoms with E-state index in [0.717, 1.165) is 24.8 Å². The molecule has 1 heterocycles. The van der Waals surface area contributed by atoms with Crippen LogP contribution in [-0.2, 0) is 11.3 Å². The predicted octanol–water partition coefficient (Wildman–Crippen LogP) is 1.92. The first-order valence-corrected chi connectivity index (χ1v) is 7.48. The number of carbonyl (C=O) groups is 1. The highest BCUT2D eigenvalue weighted by Gasteiger charge is 2.32. The molecule has 1 amide bonds. The Kier molecular flexibility index (Phi) is 6.02. The summed E-state index contributed by atoms with van der Waals surface area (Å²) in [5.41, 5.74) is 0.940. The van der Waals surface area contributed by atoms with Gasteiger partial charge in [0.05, 0.1) is 12.1 Å². The van der Waals surface area contributed by atoms with E-state index in [1.54, 1.807) is 4.90 Å². The Labute approximate surface area is 125 Å². The fraction of sp³-hybridized carbons (Fsp3) is 0.562. The van der Waals surface area contributed by atoms with Gasteiger partial charge < -0.3 is 19.8 Å². The third-order valence-corrected chi connectivity index (χ3v) is 3.86. The molecule has 1 aromatic rings. The molecule has 0 aromatic heterocycles. The maximum absolute atomic E-state index is 12.2. The molecule has 0 spiro atoms.